The molecule has 0 atom stereocenters. The zero-order valence-corrected chi connectivity index (χ0v) is 13.6. The number of aldehydes is 1. The molecule has 0 saturated carbocycles. The lowest BCUT2D eigenvalue weighted by Gasteiger charge is -2.13. The summed E-state index contributed by atoms with van der Waals surface area (Å²) in [5, 5.41) is 0. The number of hydrogen-bond acceptors (Lipinski definition) is 3. The molecule has 21 heavy (non-hydrogen) atoms. The highest BCUT2D eigenvalue weighted by Gasteiger charge is 2.06. The van der Waals surface area contributed by atoms with Gasteiger partial charge in [0.25, 0.3) is 0 Å². The summed E-state index contributed by atoms with van der Waals surface area (Å²) in [4.78, 5) is 10.8. The van der Waals surface area contributed by atoms with Crippen molar-refractivity contribution in [3.05, 3.63) is 57.6 Å². The fourth-order valence-electron chi connectivity index (χ4n) is 2.14. The maximum atomic E-state index is 10.8. The molecule has 2 aromatic rings. The van der Waals surface area contributed by atoms with E-state index in [0.29, 0.717) is 18.8 Å². The summed E-state index contributed by atoms with van der Waals surface area (Å²) in [6.45, 7) is 4.79. The number of halogens is 1. The van der Waals surface area contributed by atoms with Crippen molar-refractivity contribution in [2.45, 2.75) is 13.8 Å². The zero-order valence-electron chi connectivity index (χ0n) is 12.1. The lowest BCUT2D eigenvalue weighted by Crippen LogP contribution is -2.10. The van der Waals surface area contributed by atoms with Crippen LogP contribution in [0, 0.1) is 13.8 Å². The molecule has 4 heteroatoms. The highest BCUT2D eigenvalue weighted by molar-refractivity contribution is 9.10. The molecule has 0 radical (unpaired) electrons. The maximum absolute atomic E-state index is 10.8. The molecule has 0 N–H and O–H groups in total. The second kappa shape index (κ2) is 7.27. The van der Waals surface area contributed by atoms with E-state index in [2.05, 4.69) is 15.9 Å². The molecule has 0 aromatic heterocycles. The van der Waals surface area contributed by atoms with Crippen molar-refractivity contribution in [3.63, 3.8) is 0 Å². The van der Waals surface area contributed by atoms with Crippen molar-refractivity contribution in [1.82, 2.24) is 0 Å². The van der Waals surface area contributed by atoms with Gasteiger partial charge in [-0.25, -0.2) is 0 Å². The van der Waals surface area contributed by atoms with Crippen LogP contribution in [0.2, 0.25) is 0 Å². The van der Waals surface area contributed by atoms with E-state index in [-0.39, 0.29) is 0 Å². The van der Waals surface area contributed by atoms with E-state index in [4.69, 9.17) is 9.47 Å². The van der Waals surface area contributed by atoms with Crippen LogP contribution in [0.3, 0.4) is 0 Å². The molecule has 2 aromatic carbocycles. The predicted molar refractivity (Wildman–Crippen MR) is 86.4 cm³/mol. The molecule has 0 aliphatic heterocycles. The lowest BCUT2D eigenvalue weighted by molar-refractivity contribution is 0.112. The van der Waals surface area contributed by atoms with Gasteiger partial charge in [-0.1, -0.05) is 22.0 Å². The standard InChI is InChI=1S/C17H17BrO3/c1-12-8-14(11-19)9-13(2)17(12)21-7-6-20-16-5-3-4-15(18)10-16/h3-5,8-11H,6-7H2,1-2H3. The molecule has 0 fully saturated rings. The summed E-state index contributed by atoms with van der Waals surface area (Å²) in [5.41, 5.74) is 2.59. The van der Waals surface area contributed by atoms with E-state index >= 15 is 0 Å². The average Bonchev–Trinajstić information content (AvgIpc) is 2.45. The number of carbonyl (C=O) groups is 1. The highest BCUT2D eigenvalue weighted by atomic mass is 79.9. The van der Waals surface area contributed by atoms with E-state index in [1.807, 2.05) is 50.2 Å². The van der Waals surface area contributed by atoms with Crippen molar-refractivity contribution >= 4 is 22.2 Å². The second-order valence-corrected chi connectivity index (χ2v) is 5.67. The molecular weight excluding hydrogens is 332 g/mol. The van der Waals surface area contributed by atoms with Gasteiger partial charge in [0.2, 0.25) is 0 Å². The van der Waals surface area contributed by atoms with Crippen LogP contribution < -0.4 is 9.47 Å². The van der Waals surface area contributed by atoms with Crippen LogP contribution in [0.25, 0.3) is 0 Å². The zero-order chi connectivity index (χ0) is 15.2. The van der Waals surface area contributed by atoms with Gasteiger partial charge in [-0.15, -0.1) is 0 Å². The van der Waals surface area contributed by atoms with E-state index < -0.39 is 0 Å². The summed E-state index contributed by atoms with van der Waals surface area (Å²) in [5.74, 6) is 1.62. The third-order valence-electron chi connectivity index (χ3n) is 3.01. The van der Waals surface area contributed by atoms with Crippen LogP contribution in [0.1, 0.15) is 21.5 Å². The number of ether oxygens (including phenoxy) is 2. The highest BCUT2D eigenvalue weighted by Crippen LogP contribution is 2.24. The fraction of sp³-hybridized carbons (Fsp3) is 0.235. The first kappa shape index (κ1) is 15.6. The fourth-order valence-corrected chi connectivity index (χ4v) is 2.52. The molecule has 0 aliphatic rings. The maximum Gasteiger partial charge on any atom is 0.150 e. The van der Waals surface area contributed by atoms with Crippen LogP contribution in [-0.2, 0) is 0 Å². The lowest BCUT2D eigenvalue weighted by atomic mass is 10.1. The number of benzene rings is 2. The normalized spacial score (nSPS) is 10.2. The predicted octanol–water partition coefficient (Wildman–Crippen LogP) is 4.34. The molecule has 0 saturated heterocycles. The smallest absolute Gasteiger partial charge is 0.150 e. The Kier molecular flexibility index (Phi) is 5.39. The van der Waals surface area contributed by atoms with Gasteiger partial charge < -0.3 is 9.47 Å². The summed E-state index contributed by atoms with van der Waals surface area (Å²) < 4.78 is 12.4. The van der Waals surface area contributed by atoms with Crippen LogP contribution in [-0.4, -0.2) is 19.5 Å². The van der Waals surface area contributed by atoms with E-state index in [1.54, 1.807) is 0 Å². The molecule has 0 unspecified atom stereocenters. The Morgan fingerprint density at radius 3 is 2.33 bits per heavy atom. The van der Waals surface area contributed by atoms with Gasteiger partial charge >= 0.3 is 0 Å². The SMILES string of the molecule is Cc1cc(C=O)cc(C)c1OCCOc1cccc(Br)c1. The van der Waals surface area contributed by atoms with Gasteiger partial charge in [0.1, 0.15) is 31.0 Å². The Labute approximate surface area is 133 Å². The number of hydrogen-bond donors (Lipinski definition) is 0. The molecule has 0 heterocycles. The Balaban J connectivity index is 1.90. The molecule has 0 spiro atoms. The van der Waals surface area contributed by atoms with Gasteiger partial charge in [0.05, 0.1) is 0 Å². The second-order valence-electron chi connectivity index (χ2n) is 4.76. The Hall–Kier alpha value is -1.81. The summed E-state index contributed by atoms with van der Waals surface area (Å²) in [7, 11) is 0. The molecule has 3 nitrogen and oxygen atoms in total. The Bertz CT molecular complexity index is 615. The molecule has 0 bridgehead atoms. The Morgan fingerprint density at radius 1 is 1.05 bits per heavy atom. The number of aryl methyl sites for hydroxylation is 2. The van der Waals surface area contributed by atoms with Crippen LogP contribution in [0.5, 0.6) is 11.5 Å². The first-order chi connectivity index (χ1) is 10.1. The van der Waals surface area contributed by atoms with Crippen molar-refractivity contribution in [2.24, 2.45) is 0 Å². The first-order valence-corrected chi connectivity index (χ1v) is 7.47. The summed E-state index contributed by atoms with van der Waals surface area (Å²) >= 11 is 3.40. The van der Waals surface area contributed by atoms with Crippen LogP contribution in [0.4, 0.5) is 0 Å². The van der Waals surface area contributed by atoms with Crippen molar-refractivity contribution in [3.8, 4) is 11.5 Å². The van der Waals surface area contributed by atoms with Gasteiger partial charge in [-0.05, 0) is 55.3 Å². The minimum atomic E-state index is 0.453. The number of carbonyl (C=O) groups excluding carboxylic acids is 1. The third-order valence-corrected chi connectivity index (χ3v) is 3.51. The largest absolute Gasteiger partial charge is 0.490 e. The van der Waals surface area contributed by atoms with Crippen LogP contribution in [0.15, 0.2) is 40.9 Å². The first-order valence-electron chi connectivity index (χ1n) is 6.68. The van der Waals surface area contributed by atoms with E-state index in [0.717, 1.165) is 33.4 Å². The van der Waals surface area contributed by atoms with E-state index in [9.17, 15) is 4.79 Å². The quantitative estimate of drug-likeness (QED) is 0.575. The van der Waals surface area contributed by atoms with Gasteiger partial charge in [0, 0.05) is 10.0 Å². The molecular formula is C17H17BrO3. The third kappa shape index (κ3) is 4.33. The molecule has 0 aliphatic carbocycles. The van der Waals surface area contributed by atoms with Crippen molar-refractivity contribution < 1.29 is 14.3 Å². The van der Waals surface area contributed by atoms with Crippen LogP contribution >= 0.6 is 15.9 Å². The average molecular weight is 349 g/mol. The van der Waals surface area contributed by atoms with Crippen molar-refractivity contribution in [1.29, 1.82) is 0 Å². The van der Waals surface area contributed by atoms with Gasteiger partial charge in [-0.3, -0.25) is 4.79 Å². The molecule has 2 rings (SSSR count). The topological polar surface area (TPSA) is 35.5 Å². The minimum Gasteiger partial charge on any atom is -0.490 e. The number of rotatable bonds is 6. The van der Waals surface area contributed by atoms with E-state index in [1.165, 1.54) is 0 Å². The van der Waals surface area contributed by atoms with Gasteiger partial charge in [-0.2, -0.15) is 0 Å². The minimum absolute atomic E-state index is 0.453. The Morgan fingerprint density at radius 2 is 1.71 bits per heavy atom. The van der Waals surface area contributed by atoms with Gasteiger partial charge in [0.15, 0.2) is 0 Å². The monoisotopic (exact) mass is 348 g/mol. The van der Waals surface area contributed by atoms with Crippen molar-refractivity contribution in [2.75, 3.05) is 13.2 Å². The summed E-state index contributed by atoms with van der Waals surface area (Å²) in [6, 6.07) is 11.3. The molecule has 0 amide bonds. The summed E-state index contributed by atoms with van der Waals surface area (Å²) in [6.07, 6.45) is 0.847. The molecule has 110 valence electrons.